The molecule has 2 rings (SSSR count). The normalized spacial score (nSPS) is 10.1. The number of amides is 1. The molecular weight excluding hydrogens is 270 g/mol. The van der Waals surface area contributed by atoms with Gasteiger partial charge >= 0.3 is 5.97 Å². The van der Waals surface area contributed by atoms with Gasteiger partial charge in [-0.05, 0) is 36.2 Å². The van der Waals surface area contributed by atoms with Crippen LogP contribution in [0.3, 0.4) is 0 Å². The Hall–Kier alpha value is -2.82. The Balaban J connectivity index is 2.10. The van der Waals surface area contributed by atoms with E-state index in [1.165, 1.54) is 12.1 Å². The lowest BCUT2D eigenvalue weighted by molar-refractivity contribution is -0.115. The molecule has 0 aliphatic rings. The molecule has 0 unspecified atom stereocenters. The van der Waals surface area contributed by atoms with E-state index in [-0.39, 0.29) is 29.3 Å². The van der Waals surface area contributed by atoms with Gasteiger partial charge in [0.15, 0.2) is 0 Å². The second-order valence-corrected chi connectivity index (χ2v) is 4.69. The van der Waals surface area contributed by atoms with Gasteiger partial charge in [0.2, 0.25) is 5.91 Å². The highest BCUT2D eigenvalue weighted by atomic mass is 16.4. The minimum Gasteiger partial charge on any atom is -0.506 e. The number of carbonyl (C=O) groups excluding carboxylic acids is 1. The van der Waals surface area contributed by atoms with Crippen LogP contribution in [0.25, 0.3) is 0 Å². The van der Waals surface area contributed by atoms with Gasteiger partial charge in [-0.2, -0.15) is 0 Å². The maximum absolute atomic E-state index is 12.0. The van der Waals surface area contributed by atoms with Crippen molar-refractivity contribution in [3.63, 3.8) is 0 Å². The highest BCUT2D eigenvalue weighted by Gasteiger charge is 2.11. The first-order valence-corrected chi connectivity index (χ1v) is 6.38. The maximum atomic E-state index is 12.0. The van der Waals surface area contributed by atoms with Crippen molar-refractivity contribution in [2.24, 2.45) is 0 Å². The number of benzene rings is 2. The first kappa shape index (κ1) is 14.6. The fourth-order valence-electron chi connectivity index (χ4n) is 1.95. The summed E-state index contributed by atoms with van der Waals surface area (Å²) >= 11 is 0. The monoisotopic (exact) mass is 285 g/mol. The molecule has 0 heterocycles. The second-order valence-electron chi connectivity index (χ2n) is 4.69. The van der Waals surface area contributed by atoms with Crippen LogP contribution in [-0.4, -0.2) is 22.1 Å². The van der Waals surface area contributed by atoms with Crippen LogP contribution in [0, 0.1) is 6.92 Å². The zero-order valence-electron chi connectivity index (χ0n) is 11.5. The molecule has 5 heteroatoms. The number of aromatic carboxylic acids is 1. The maximum Gasteiger partial charge on any atom is 0.335 e. The van der Waals surface area contributed by atoms with Crippen LogP contribution in [0.15, 0.2) is 42.5 Å². The predicted octanol–water partition coefficient (Wildman–Crippen LogP) is 2.58. The van der Waals surface area contributed by atoms with Crippen molar-refractivity contribution in [2.75, 3.05) is 5.32 Å². The quantitative estimate of drug-likeness (QED) is 0.753. The molecule has 2 aromatic rings. The van der Waals surface area contributed by atoms with Crippen LogP contribution < -0.4 is 5.32 Å². The third kappa shape index (κ3) is 3.60. The Labute approximate surface area is 121 Å². The second kappa shape index (κ2) is 6.09. The van der Waals surface area contributed by atoms with Crippen LogP contribution in [0.1, 0.15) is 21.5 Å². The van der Waals surface area contributed by atoms with E-state index in [9.17, 15) is 14.7 Å². The number of rotatable bonds is 4. The topological polar surface area (TPSA) is 86.6 Å². The number of aryl methyl sites for hydroxylation is 1. The molecule has 0 fully saturated rings. The molecule has 0 saturated carbocycles. The summed E-state index contributed by atoms with van der Waals surface area (Å²) in [5.41, 5.74) is 2.07. The van der Waals surface area contributed by atoms with E-state index in [1.807, 2.05) is 31.2 Å². The molecule has 0 aromatic heterocycles. The number of hydrogen-bond acceptors (Lipinski definition) is 3. The fourth-order valence-corrected chi connectivity index (χ4v) is 1.95. The van der Waals surface area contributed by atoms with Crippen LogP contribution in [-0.2, 0) is 11.2 Å². The minimum absolute atomic E-state index is 0.0376. The molecule has 0 saturated heterocycles. The lowest BCUT2D eigenvalue weighted by Crippen LogP contribution is -2.15. The third-order valence-electron chi connectivity index (χ3n) is 3.13. The molecule has 5 nitrogen and oxygen atoms in total. The van der Waals surface area contributed by atoms with E-state index in [0.717, 1.165) is 17.2 Å². The molecule has 0 aliphatic carbocycles. The number of phenolic OH excluding ortho intramolecular Hbond substituents is 1. The number of phenols is 1. The van der Waals surface area contributed by atoms with E-state index >= 15 is 0 Å². The lowest BCUT2D eigenvalue weighted by atomic mass is 10.1. The average molecular weight is 285 g/mol. The first-order chi connectivity index (χ1) is 9.97. The Bertz CT molecular complexity index is 694. The van der Waals surface area contributed by atoms with E-state index < -0.39 is 5.97 Å². The highest BCUT2D eigenvalue weighted by Crippen LogP contribution is 2.24. The van der Waals surface area contributed by atoms with Gasteiger partial charge in [0.1, 0.15) is 5.75 Å². The zero-order valence-corrected chi connectivity index (χ0v) is 11.5. The van der Waals surface area contributed by atoms with Gasteiger partial charge in [-0.1, -0.05) is 24.3 Å². The minimum atomic E-state index is -1.14. The Morgan fingerprint density at radius 1 is 1.14 bits per heavy atom. The molecule has 0 radical (unpaired) electrons. The summed E-state index contributed by atoms with van der Waals surface area (Å²) in [5.74, 6) is -1.68. The summed E-state index contributed by atoms with van der Waals surface area (Å²) in [6.07, 6.45) is 0.187. The van der Waals surface area contributed by atoms with Crippen molar-refractivity contribution in [3.05, 3.63) is 59.2 Å². The van der Waals surface area contributed by atoms with Gasteiger partial charge in [-0.15, -0.1) is 0 Å². The molecule has 3 N–H and O–H groups in total. The van der Waals surface area contributed by atoms with Crippen LogP contribution >= 0.6 is 0 Å². The van der Waals surface area contributed by atoms with Gasteiger partial charge in [-0.3, -0.25) is 4.79 Å². The average Bonchev–Trinajstić information content (AvgIpc) is 2.43. The van der Waals surface area contributed by atoms with Gasteiger partial charge < -0.3 is 15.5 Å². The summed E-state index contributed by atoms with van der Waals surface area (Å²) in [7, 11) is 0. The Morgan fingerprint density at radius 3 is 2.48 bits per heavy atom. The van der Waals surface area contributed by atoms with E-state index in [1.54, 1.807) is 0 Å². The Morgan fingerprint density at radius 2 is 1.86 bits per heavy atom. The van der Waals surface area contributed by atoms with Gasteiger partial charge in [0.25, 0.3) is 0 Å². The number of carbonyl (C=O) groups is 2. The molecule has 1 amide bonds. The van der Waals surface area contributed by atoms with Gasteiger partial charge in [0, 0.05) is 0 Å². The number of hydrogen-bond donors (Lipinski definition) is 3. The van der Waals surface area contributed by atoms with Crippen molar-refractivity contribution in [1.82, 2.24) is 0 Å². The van der Waals surface area contributed by atoms with Crippen LogP contribution in [0.2, 0.25) is 0 Å². The van der Waals surface area contributed by atoms with E-state index in [2.05, 4.69) is 5.32 Å². The lowest BCUT2D eigenvalue weighted by Gasteiger charge is -2.09. The van der Waals surface area contributed by atoms with Crippen LogP contribution in [0.4, 0.5) is 5.69 Å². The van der Waals surface area contributed by atoms with E-state index in [0.29, 0.717) is 0 Å². The van der Waals surface area contributed by atoms with Crippen molar-refractivity contribution < 1.29 is 19.8 Å². The molecule has 0 atom stereocenters. The summed E-state index contributed by atoms with van der Waals surface area (Å²) in [6.45, 7) is 1.92. The number of aromatic hydroxyl groups is 1. The zero-order chi connectivity index (χ0) is 15.4. The van der Waals surface area contributed by atoms with Crippen molar-refractivity contribution in [3.8, 4) is 5.75 Å². The largest absolute Gasteiger partial charge is 0.506 e. The third-order valence-corrected chi connectivity index (χ3v) is 3.13. The summed E-state index contributed by atoms with van der Waals surface area (Å²) in [6, 6.07) is 11.3. The van der Waals surface area contributed by atoms with Crippen molar-refractivity contribution in [1.29, 1.82) is 0 Å². The number of carboxylic acids is 1. The summed E-state index contributed by atoms with van der Waals surface area (Å²) < 4.78 is 0. The smallest absolute Gasteiger partial charge is 0.335 e. The highest BCUT2D eigenvalue weighted by molar-refractivity contribution is 5.95. The summed E-state index contributed by atoms with van der Waals surface area (Å²) in [4.78, 5) is 22.7. The van der Waals surface area contributed by atoms with E-state index in [4.69, 9.17) is 5.11 Å². The number of nitrogens with one attached hydrogen (secondary N) is 1. The number of carboxylic acid groups (broad SMARTS) is 1. The Kier molecular flexibility index (Phi) is 4.23. The van der Waals surface area contributed by atoms with Crippen molar-refractivity contribution >= 4 is 17.6 Å². The SMILES string of the molecule is Cc1ccccc1CC(=O)Nc1ccc(C(=O)O)cc1O. The fraction of sp³-hybridized carbons (Fsp3) is 0.125. The molecular formula is C16H15NO4. The number of anilines is 1. The van der Waals surface area contributed by atoms with Gasteiger partial charge in [0.05, 0.1) is 17.7 Å². The van der Waals surface area contributed by atoms with Crippen molar-refractivity contribution in [2.45, 2.75) is 13.3 Å². The predicted molar refractivity (Wildman–Crippen MR) is 78.6 cm³/mol. The molecule has 108 valence electrons. The van der Waals surface area contributed by atoms with Crippen LogP contribution in [0.5, 0.6) is 5.75 Å². The molecule has 21 heavy (non-hydrogen) atoms. The standard InChI is InChI=1S/C16H15NO4/c1-10-4-2-3-5-11(10)9-15(19)17-13-7-6-12(16(20)21)8-14(13)18/h2-8,18H,9H2,1H3,(H,17,19)(H,20,21). The van der Waals surface area contributed by atoms with Gasteiger partial charge in [-0.25, -0.2) is 4.79 Å². The molecule has 2 aromatic carbocycles. The first-order valence-electron chi connectivity index (χ1n) is 6.38. The molecule has 0 bridgehead atoms. The summed E-state index contributed by atoms with van der Waals surface area (Å²) in [5, 5.41) is 21.1. The molecule has 0 spiro atoms. The molecule has 0 aliphatic heterocycles.